The fourth-order valence-electron chi connectivity index (χ4n) is 4.35. The third-order valence-electron chi connectivity index (χ3n) is 5.92. The zero-order valence-electron chi connectivity index (χ0n) is 15.1. The van der Waals surface area contributed by atoms with Crippen molar-refractivity contribution in [3.63, 3.8) is 0 Å². The van der Waals surface area contributed by atoms with E-state index in [9.17, 15) is 0 Å². The molecular formula is C21H19F2N3OS. The largest absolute Gasteiger partial charge is 0.493 e. The van der Waals surface area contributed by atoms with E-state index < -0.39 is 16.9 Å². The van der Waals surface area contributed by atoms with Gasteiger partial charge < -0.3 is 10.5 Å². The van der Waals surface area contributed by atoms with Gasteiger partial charge in [0.1, 0.15) is 5.75 Å². The van der Waals surface area contributed by atoms with Gasteiger partial charge in [-0.3, -0.25) is 4.99 Å². The number of nitrogens with zero attached hydrogens (tertiary/aromatic N) is 2. The van der Waals surface area contributed by atoms with Crippen molar-refractivity contribution >= 4 is 28.7 Å². The first-order chi connectivity index (χ1) is 13.5. The molecule has 0 saturated heterocycles. The molecule has 1 aliphatic carbocycles. The van der Waals surface area contributed by atoms with Crippen LogP contribution in [-0.4, -0.2) is 29.7 Å². The van der Waals surface area contributed by atoms with Crippen LogP contribution in [0.5, 0.6) is 5.75 Å². The molecule has 1 saturated carbocycles. The van der Waals surface area contributed by atoms with Crippen LogP contribution >= 0.6 is 11.8 Å². The number of benzene rings is 1. The van der Waals surface area contributed by atoms with E-state index in [2.05, 4.69) is 9.98 Å². The number of aliphatic imine (C=N–C) groups is 2. The second-order valence-corrected chi connectivity index (χ2v) is 8.56. The minimum atomic E-state index is -3.01. The number of allylic oxidation sites excluding steroid dienone is 5. The van der Waals surface area contributed by atoms with Gasteiger partial charge in [0.05, 0.1) is 12.4 Å². The molecule has 2 N–H and O–H groups in total. The molecule has 0 aromatic heterocycles. The Morgan fingerprint density at radius 1 is 1.14 bits per heavy atom. The molecule has 28 heavy (non-hydrogen) atoms. The Labute approximate surface area is 166 Å². The van der Waals surface area contributed by atoms with Crippen molar-refractivity contribution in [3.8, 4) is 5.75 Å². The third-order valence-corrected chi connectivity index (χ3v) is 6.81. The van der Waals surface area contributed by atoms with Gasteiger partial charge in [0.15, 0.2) is 10.7 Å². The molecule has 0 bridgehead atoms. The van der Waals surface area contributed by atoms with Crippen LogP contribution in [0.15, 0.2) is 58.7 Å². The van der Waals surface area contributed by atoms with Crippen LogP contribution in [0, 0.1) is 5.41 Å². The first-order valence-electron chi connectivity index (χ1n) is 9.18. The van der Waals surface area contributed by atoms with Gasteiger partial charge in [-0.2, -0.15) is 0 Å². The highest BCUT2D eigenvalue weighted by Crippen LogP contribution is 2.70. The molecular weight excluding hydrogens is 380 g/mol. The summed E-state index contributed by atoms with van der Waals surface area (Å²) in [6, 6.07) is 5.42. The van der Waals surface area contributed by atoms with Crippen molar-refractivity contribution in [3.05, 3.63) is 59.8 Å². The number of thioether (sulfide) groups is 1. The second kappa shape index (κ2) is 6.04. The average molecular weight is 399 g/mol. The van der Waals surface area contributed by atoms with Crippen molar-refractivity contribution in [1.29, 1.82) is 0 Å². The zero-order chi connectivity index (χ0) is 19.4. The minimum Gasteiger partial charge on any atom is -0.493 e. The summed E-state index contributed by atoms with van der Waals surface area (Å²) in [7, 11) is 0. The lowest BCUT2D eigenvalue weighted by molar-refractivity contribution is -0.106. The summed E-state index contributed by atoms with van der Waals surface area (Å²) < 4.78 is 37.0. The first kappa shape index (κ1) is 17.7. The summed E-state index contributed by atoms with van der Waals surface area (Å²) in [6.45, 7) is 0.244. The highest BCUT2D eigenvalue weighted by molar-refractivity contribution is 8.13. The molecule has 7 heteroatoms. The number of nitrogens with two attached hydrogens (primary N) is 1. The van der Waals surface area contributed by atoms with Crippen LogP contribution < -0.4 is 10.5 Å². The summed E-state index contributed by atoms with van der Waals surface area (Å²) >= 11 is 0.921. The Kier molecular flexibility index (Phi) is 3.81. The fraction of sp³-hybridized carbons (Fsp3) is 0.333. The number of rotatable bonds is 1. The number of alkyl halides is 2. The number of hydrogen-bond acceptors (Lipinski definition) is 5. The van der Waals surface area contributed by atoms with E-state index in [-0.39, 0.29) is 17.5 Å². The van der Waals surface area contributed by atoms with Crippen molar-refractivity contribution in [2.45, 2.75) is 24.3 Å². The highest BCUT2D eigenvalue weighted by atomic mass is 32.2. The van der Waals surface area contributed by atoms with E-state index in [1.807, 2.05) is 30.4 Å². The van der Waals surface area contributed by atoms with Gasteiger partial charge in [-0.05, 0) is 42.2 Å². The number of amidine groups is 1. The topological polar surface area (TPSA) is 60.0 Å². The lowest BCUT2D eigenvalue weighted by atomic mass is 9.69. The van der Waals surface area contributed by atoms with Crippen LogP contribution in [0.3, 0.4) is 0 Å². The maximum Gasteiger partial charge on any atom is 0.287 e. The quantitative estimate of drug-likeness (QED) is 0.766. The fourth-order valence-corrected chi connectivity index (χ4v) is 5.09. The van der Waals surface area contributed by atoms with Crippen LogP contribution in [0.25, 0.3) is 5.57 Å². The molecule has 1 fully saturated rings. The number of ether oxygens (including phenoxy) is 1. The average Bonchev–Trinajstić information content (AvgIpc) is 3.42. The van der Waals surface area contributed by atoms with Crippen molar-refractivity contribution in [2.24, 2.45) is 21.1 Å². The van der Waals surface area contributed by atoms with E-state index in [4.69, 9.17) is 10.5 Å². The lowest BCUT2D eigenvalue weighted by Crippen LogP contribution is -2.58. The van der Waals surface area contributed by atoms with Crippen molar-refractivity contribution in [1.82, 2.24) is 0 Å². The number of halogens is 2. The second-order valence-electron chi connectivity index (χ2n) is 7.56. The van der Waals surface area contributed by atoms with E-state index in [1.54, 1.807) is 24.5 Å². The predicted octanol–water partition coefficient (Wildman–Crippen LogP) is 4.29. The highest BCUT2D eigenvalue weighted by Gasteiger charge is 2.75. The molecule has 0 radical (unpaired) electrons. The maximum absolute atomic E-state index is 15.5. The smallest absolute Gasteiger partial charge is 0.287 e. The molecule has 3 aliphatic heterocycles. The van der Waals surface area contributed by atoms with Gasteiger partial charge in [-0.25, -0.2) is 13.8 Å². The van der Waals surface area contributed by atoms with E-state index in [0.29, 0.717) is 24.2 Å². The molecule has 1 unspecified atom stereocenters. The molecule has 3 heterocycles. The van der Waals surface area contributed by atoms with Gasteiger partial charge in [0.25, 0.3) is 5.92 Å². The summed E-state index contributed by atoms with van der Waals surface area (Å²) in [5.41, 5.74) is 5.67. The van der Waals surface area contributed by atoms with Crippen LogP contribution in [-0.2, 0) is 5.54 Å². The molecule has 4 aliphatic rings. The van der Waals surface area contributed by atoms with Gasteiger partial charge in [0.2, 0.25) is 0 Å². The number of hydrogen-bond donors (Lipinski definition) is 1. The Morgan fingerprint density at radius 3 is 2.82 bits per heavy atom. The molecule has 144 valence electrons. The van der Waals surface area contributed by atoms with Gasteiger partial charge >= 0.3 is 0 Å². The molecule has 4 nitrogen and oxygen atoms in total. The predicted molar refractivity (Wildman–Crippen MR) is 109 cm³/mol. The monoisotopic (exact) mass is 399 g/mol. The minimum absolute atomic E-state index is 0.218. The molecule has 0 amide bonds. The zero-order valence-corrected chi connectivity index (χ0v) is 15.9. The van der Waals surface area contributed by atoms with Gasteiger partial charge in [0, 0.05) is 23.4 Å². The summed E-state index contributed by atoms with van der Waals surface area (Å²) in [6.07, 6.45) is 12.2. The first-order valence-corrected chi connectivity index (χ1v) is 10.2. The molecule has 1 aromatic rings. The van der Waals surface area contributed by atoms with Crippen LogP contribution in [0.4, 0.5) is 8.78 Å². The van der Waals surface area contributed by atoms with Crippen molar-refractivity contribution < 1.29 is 13.5 Å². The van der Waals surface area contributed by atoms with E-state index >= 15 is 8.78 Å². The van der Waals surface area contributed by atoms with Crippen LogP contribution in [0.1, 0.15) is 24.0 Å². The van der Waals surface area contributed by atoms with E-state index in [0.717, 1.165) is 22.9 Å². The van der Waals surface area contributed by atoms with E-state index in [1.165, 1.54) is 0 Å². The molecule has 5 rings (SSSR count). The Balaban J connectivity index is 1.72. The summed E-state index contributed by atoms with van der Waals surface area (Å²) in [5, 5.41) is 0.218. The van der Waals surface area contributed by atoms with Gasteiger partial charge in [-0.15, -0.1) is 0 Å². The Bertz CT molecular complexity index is 991. The lowest BCUT2D eigenvalue weighted by Gasteiger charge is -2.49. The maximum atomic E-state index is 15.5. The Hall–Kier alpha value is -2.41. The van der Waals surface area contributed by atoms with Crippen LogP contribution in [0.2, 0.25) is 0 Å². The Morgan fingerprint density at radius 2 is 2.00 bits per heavy atom. The third kappa shape index (κ3) is 2.42. The van der Waals surface area contributed by atoms with Gasteiger partial charge in [-0.1, -0.05) is 36.1 Å². The molecule has 2 spiro atoms. The SMILES string of the molecule is NC1=NC2(c3cc(C4=C/C=C/C=C/N=C\4)ccc3OCC23CC3)C(F)(F)CS1. The number of fused-ring (bicyclic) bond motifs is 3. The normalized spacial score (nSPS) is 34.1. The summed E-state index contributed by atoms with van der Waals surface area (Å²) in [5.74, 6) is -2.92. The molecule has 1 aromatic carbocycles. The molecule has 1 atom stereocenters. The summed E-state index contributed by atoms with van der Waals surface area (Å²) in [4.78, 5) is 8.68. The standard InChI is InChI=1S/C21H19F2N3OS/c22-20(23)13-28-18(24)26-21(20)16-10-14(15-4-2-1-3-9-25-11-15)5-6-17(16)27-12-19(21)7-8-19/h1-6,9-11H,7-8,12-13H2,(H2,24,26)/b2-1+,3-1?,4-2?,9-3+,15-4+,15-11?,25-9?,25-11-. The van der Waals surface area contributed by atoms with Crippen molar-refractivity contribution in [2.75, 3.05) is 12.4 Å².